The van der Waals surface area contributed by atoms with Crippen molar-refractivity contribution in [2.24, 2.45) is 0 Å². The van der Waals surface area contributed by atoms with Gasteiger partial charge in [-0.2, -0.15) is 0 Å². The number of carbonyl (C=O) groups is 1. The molecule has 106 valence electrons. The van der Waals surface area contributed by atoms with Crippen LogP contribution in [-0.4, -0.2) is 29.9 Å². The molecule has 0 fully saturated rings. The SMILES string of the molecule is CCC(C)(C)OCCCOc1cccc(C(=O)O)c1. The van der Waals surface area contributed by atoms with Crippen molar-refractivity contribution in [1.29, 1.82) is 0 Å². The maximum Gasteiger partial charge on any atom is 0.335 e. The molecule has 0 aliphatic carbocycles. The number of benzene rings is 1. The van der Waals surface area contributed by atoms with Gasteiger partial charge < -0.3 is 14.6 Å². The third kappa shape index (κ3) is 5.75. The van der Waals surface area contributed by atoms with Gasteiger partial charge in [-0.3, -0.25) is 0 Å². The molecular formula is C15H22O4. The van der Waals surface area contributed by atoms with Crippen LogP contribution in [0.3, 0.4) is 0 Å². The summed E-state index contributed by atoms with van der Waals surface area (Å²) in [6, 6.07) is 6.50. The average molecular weight is 266 g/mol. The molecule has 4 heteroatoms. The second-order valence-electron chi connectivity index (χ2n) is 5.00. The van der Waals surface area contributed by atoms with Crippen LogP contribution in [0.15, 0.2) is 24.3 Å². The van der Waals surface area contributed by atoms with Crippen LogP contribution in [-0.2, 0) is 4.74 Å². The third-order valence-electron chi connectivity index (χ3n) is 2.98. The van der Waals surface area contributed by atoms with E-state index in [-0.39, 0.29) is 11.2 Å². The van der Waals surface area contributed by atoms with Crippen molar-refractivity contribution in [3.8, 4) is 5.75 Å². The van der Waals surface area contributed by atoms with Gasteiger partial charge in [-0.25, -0.2) is 4.79 Å². The summed E-state index contributed by atoms with van der Waals surface area (Å²) in [6.07, 6.45) is 1.75. The van der Waals surface area contributed by atoms with Crippen LogP contribution in [0.25, 0.3) is 0 Å². The number of hydrogen-bond acceptors (Lipinski definition) is 3. The third-order valence-corrected chi connectivity index (χ3v) is 2.98. The van der Waals surface area contributed by atoms with Crippen LogP contribution >= 0.6 is 0 Å². The molecule has 0 spiro atoms. The Morgan fingerprint density at radius 3 is 2.68 bits per heavy atom. The van der Waals surface area contributed by atoms with Crippen molar-refractivity contribution in [3.05, 3.63) is 29.8 Å². The Kier molecular flexibility index (Phi) is 5.83. The van der Waals surface area contributed by atoms with E-state index in [0.717, 1.165) is 12.8 Å². The first-order chi connectivity index (χ1) is 8.94. The van der Waals surface area contributed by atoms with Crippen molar-refractivity contribution in [2.75, 3.05) is 13.2 Å². The summed E-state index contributed by atoms with van der Waals surface area (Å²) in [5.41, 5.74) is 0.143. The number of rotatable bonds is 8. The summed E-state index contributed by atoms with van der Waals surface area (Å²) in [4.78, 5) is 10.8. The maximum atomic E-state index is 10.8. The van der Waals surface area contributed by atoms with Gasteiger partial charge in [0.1, 0.15) is 5.75 Å². The van der Waals surface area contributed by atoms with Gasteiger partial charge in [0.15, 0.2) is 0 Å². The quantitative estimate of drug-likeness (QED) is 0.733. The van der Waals surface area contributed by atoms with Gasteiger partial charge in [-0.15, -0.1) is 0 Å². The predicted octanol–water partition coefficient (Wildman–Crippen LogP) is 3.36. The molecule has 0 aromatic heterocycles. The van der Waals surface area contributed by atoms with E-state index in [1.807, 2.05) is 0 Å². The Morgan fingerprint density at radius 2 is 2.05 bits per heavy atom. The summed E-state index contributed by atoms with van der Waals surface area (Å²) >= 11 is 0. The Balaban J connectivity index is 2.30. The van der Waals surface area contributed by atoms with E-state index in [1.165, 1.54) is 6.07 Å². The van der Waals surface area contributed by atoms with Gasteiger partial charge in [0, 0.05) is 6.42 Å². The first kappa shape index (κ1) is 15.5. The lowest BCUT2D eigenvalue weighted by Crippen LogP contribution is -2.24. The fourth-order valence-electron chi connectivity index (χ4n) is 1.42. The Labute approximate surface area is 114 Å². The second kappa shape index (κ2) is 7.14. The summed E-state index contributed by atoms with van der Waals surface area (Å²) < 4.78 is 11.2. The van der Waals surface area contributed by atoms with Gasteiger partial charge in [-0.05, 0) is 38.5 Å². The highest BCUT2D eigenvalue weighted by molar-refractivity contribution is 5.87. The van der Waals surface area contributed by atoms with Crippen LogP contribution < -0.4 is 4.74 Å². The number of aromatic carboxylic acids is 1. The summed E-state index contributed by atoms with van der Waals surface area (Å²) in [7, 11) is 0. The zero-order valence-corrected chi connectivity index (χ0v) is 11.8. The van der Waals surface area contributed by atoms with Crippen molar-refractivity contribution < 1.29 is 19.4 Å². The van der Waals surface area contributed by atoms with Gasteiger partial charge in [0.05, 0.1) is 24.4 Å². The highest BCUT2D eigenvalue weighted by Crippen LogP contribution is 2.15. The minimum atomic E-state index is -0.946. The van der Waals surface area contributed by atoms with Crippen LogP contribution in [0.2, 0.25) is 0 Å². The van der Waals surface area contributed by atoms with Gasteiger partial charge in [-0.1, -0.05) is 13.0 Å². The minimum Gasteiger partial charge on any atom is -0.493 e. The van der Waals surface area contributed by atoms with Crippen LogP contribution in [0.4, 0.5) is 0 Å². The number of hydrogen-bond donors (Lipinski definition) is 1. The zero-order valence-electron chi connectivity index (χ0n) is 11.8. The normalized spacial score (nSPS) is 11.3. The molecule has 0 saturated carbocycles. The summed E-state index contributed by atoms with van der Waals surface area (Å²) in [6.45, 7) is 7.37. The molecule has 1 rings (SSSR count). The number of carboxylic acids is 1. The highest BCUT2D eigenvalue weighted by Gasteiger charge is 2.14. The average Bonchev–Trinajstić information content (AvgIpc) is 2.38. The Morgan fingerprint density at radius 1 is 1.32 bits per heavy atom. The van der Waals surface area contributed by atoms with E-state index < -0.39 is 5.97 Å². The highest BCUT2D eigenvalue weighted by atomic mass is 16.5. The van der Waals surface area contributed by atoms with Gasteiger partial charge in [0.2, 0.25) is 0 Å². The Bertz CT molecular complexity index is 412. The smallest absolute Gasteiger partial charge is 0.335 e. The molecule has 1 aromatic carbocycles. The second-order valence-corrected chi connectivity index (χ2v) is 5.00. The molecule has 0 bridgehead atoms. The van der Waals surface area contributed by atoms with Crippen LogP contribution in [0.1, 0.15) is 44.0 Å². The van der Waals surface area contributed by atoms with Crippen LogP contribution in [0.5, 0.6) is 5.75 Å². The topological polar surface area (TPSA) is 55.8 Å². The lowest BCUT2D eigenvalue weighted by molar-refractivity contribution is -0.0241. The lowest BCUT2D eigenvalue weighted by Gasteiger charge is -2.23. The number of ether oxygens (including phenoxy) is 2. The molecule has 0 aliphatic rings. The standard InChI is InChI=1S/C15H22O4/c1-4-15(2,3)19-10-6-9-18-13-8-5-7-12(11-13)14(16)17/h5,7-8,11H,4,6,9-10H2,1-3H3,(H,16,17). The van der Waals surface area contributed by atoms with Crippen molar-refractivity contribution in [2.45, 2.75) is 39.2 Å². The van der Waals surface area contributed by atoms with Gasteiger partial charge >= 0.3 is 5.97 Å². The molecule has 1 N–H and O–H groups in total. The molecule has 4 nitrogen and oxygen atoms in total. The molecule has 0 heterocycles. The predicted molar refractivity (Wildman–Crippen MR) is 73.8 cm³/mol. The molecule has 19 heavy (non-hydrogen) atoms. The fourth-order valence-corrected chi connectivity index (χ4v) is 1.42. The molecular weight excluding hydrogens is 244 g/mol. The molecule has 0 radical (unpaired) electrons. The maximum absolute atomic E-state index is 10.8. The minimum absolute atomic E-state index is 0.0940. The van der Waals surface area contributed by atoms with E-state index >= 15 is 0 Å². The van der Waals surface area contributed by atoms with Crippen molar-refractivity contribution in [1.82, 2.24) is 0 Å². The largest absolute Gasteiger partial charge is 0.493 e. The fraction of sp³-hybridized carbons (Fsp3) is 0.533. The monoisotopic (exact) mass is 266 g/mol. The number of carboxylic acid groups (broad SMARTS) is 1. The van der Waals surface area contributed by atoms with Crippen molar-refractivity contribution >= 4 is 5.97 Å². The molecule has 0 atom stereocenters. The van der Waals surface area contributed by atoms with Crippen LogP contribution in [0, 0.1) is 0 Å². The molecule has 1 aromatic rings. The molecule has 0 unspecified atom stereocenters. The van der Waals surface area contributed by atoms with E-state index in [9.17, 15) is 4.79 Å². The summed E-state index contributed by atoms with van der Waals surface area (Å²) in [5, 5.41) is 8.86. The lowest BCUT2D eigenvalue weighted by atomic mass is 10.1. The summed E-state index contributed by atoms with van der Waals surface area (Å²) in [5.74, 6) is -0.367. The van der Waals surface area contributed by atoms with E-state index in [0.29, 0.717) is 19.0 Å². The van der Waals surface area contributed by atoms with Gasteiger partial charge in [0.25, 0.3) is 0 Å². The van der Waals surface area contributed by atoms with E-state index in [2.05, 4.69) is 20.8 Å². The van der Waals surface area contributed by atoms with E-state index in [4.69, 9.17) is 14.6 Å². The molecule has 0 saturated heterocycles. The van der Waals surface area contributed by atoms with Crippen molar-refractivity contribution in [3.63, 3.8) is 0 Å². The molecule has 0 aliphatic heterocycles. The first-order valence-corrected chi connectivity index (χ1v) is 6.55. The molecule has 0 amide bonds. The first-order valence-electron chi connectivity index (χ1n) is 6.55. The van der Waals surface area contributed by atoms with E-state index in [1.54, 1.807) is 18.2 Å². The Hall–Kier alpha value is -1.55. The zero-order chi connectivity index (χ0) is 14.3.